The number of benzene rings is 1. The number of carboxylic acids is 1. The molecule has 0 aliphatic rings. The molecule has 0 bridgehead atoms. The predicted molar refractivity (Wildman–Crippen MR) is 75.4 cm³/mol. The molecule has 0 radical (unpaired) electrons. The van der Waals surface area contributed by atoms with E-state index >= 15 is 0 Å². The molecule has 106 valence electrons. The van der Waals surface area contributed by atoms with Gasteiger partial charge in [0.2, 0.25) is 0 Å². The van der Waals surface area contributed by atoms with E-state index in [1.54, 1.807) is 19.1 Å². The molecule has 0 aliphatic heterocycles. The highest BCUT2D eigenvalue weighted by Crippen LogP contribution is 2.22. The van der Waals surface area contributed by atoms with Gasteiger partial charge in [0.05, 0.1) is 6.61 Å². The van der Waals surface area contributed by atoms with Crippen LogP contribution in [0.25, 0.3) is 0 Å². The Morgan fingerprint density at radius 2 is 1.79 bits per heavy atom. The van der Waals surface area contributed by atoms with Gasteiger partial charge in [-0.15, -0.1) is 0 Å². The van der Waals surface area contributed by atoms with E-state index in [4.69, 9.17) is 4.74 Å². The van der Waals surface area contributed by atoms with Gasteiger partial charge in [0.1, 0.15) is 6.04 Å². The lowest BCUT2D eigenvalue weighted by Gasteiger charge is -2.24. The van der Waals surface area contributed by atoms with Crippen LogP contribution in [0.1, 0.15) is 36.9 Å². The minimum atomic E-state index is -0.837. The van der Waals surface area contributed by atoms with Crippen molar-refractivity contribution < 1.29 is 14.6 Å². The molecule has 4 heteroatoms. The summed E-state index contributed by atoms with van der Waals surface area (Å²) >= 11 is 0. The van der Waals surface area contributed by atoms with Gasteiger partial charge in [0.15, 0.2) is 0 Å². The first-order valence-electron chi connectivity index (χ1n) is 6.49. The second kappa shape index (κ2) is 7.26. The summed E-state index contributed by atoms with van der Waals surface area (Å²) in [6.45, 7) is 5.34. The van der Waals surface area contributed by atoms with Gasteiger partial charge in [-0.1, -0.05) is 38.1 Å². The number of carbonyl (C=O) groups is 1. The highest BCUT2D eigenvalue weighted by molar-refractivity contribution is 5.75. The Hall–Kier alpha value is -1.39. The van der Waals surface area contributed by atoms with Gasteiger partial charge in [0, 0.05) is 13.7 Å². The Morgan fingerprint density at radius 1 is 1.26 bits per heavy atom. The third-order valence-electron chi connectivity index (χ3n) is 3.24. The number of aliphatic carboxylic acids is 1. The summed E-state index contributed by atoms with van der Waals surface area (Å²) in [6.07, 6.45) is 0. The maximum Gasteiger partial charge on any atom is 0.325 e. The van der Waals surface area contributed by atoms with E-state index < -0.39 is 12.0 Å². The van der Waals surface area contributed by atoms with Gasteiger partial charge in [-0.05, 0) is 24.1 Å². The summed E-state index contributed by atoms with van der Waals surface area (Å²) in [5.41, 5.74) is 2.02. The van der Waals surface area contributed by atoms with Crippen molar-refractivity contribution in [1.29, 1.82) is 0 Å². The van der Waals surface area contributed by atoms with Crippen LogP contribution in [-0.4, -0.2) is 43.3 Å². The Morgan fingerprint density at radius 3 is 2.21 bits per heavy atom. The first-order valence-corrected chi connectivity index (χ1v) is 6.49. The lowest BCUT2D eigenvalue weighted by Crippen LogP contribution is -2.33. The molecule has 0 saturated carbocycles. The summed E-state index contributed by atoms with van der Waals surface area (Å²) in [7, 11) is 3.41. The summed E-state index contributed by atoms with van der Waals surface area (Å²) in [5.74, 6) is -0.389. The van der Waals surface area contributed by atoms with Crippen molar-refractivity contribution in [3.8, 4) is 0 Å². The first-order chi connectivity index (χ1) is 8.97. The van der Waals surface area contributed by atoms with Crippen molar-refractivity contribution in [2.24, 2.45) is 0 Å². The number of hydrogen-bond donors (Lipinski definition) is 1. The van der Waals surface area contributed by atoms with Crippen LogP contribution < -0.4 is 0 Å². The van der Waals surface area contributed by atoms with E-state index in [1.807, 2.05) is 24.3 Å². The molecule has 0 aliphatic carbocycles. The van der Waals surface area contributed by atoms with E-state index in [-0.39, 0.29) is 0 Å². The lowest BCUT2D eigenvalue weighted by molar-refractivity contribution is -0.143. The molecule has 1 rings (SSSR count). The van der Waals surface area contributed by atoms with Crippen LogP contribution in [0.3, 0.4) is 0 Å². The standard InChI is InChI=1S/C15H23NO3/c1-11(2)12-5-7-13(8-6-12)14(15(17)18)16(3)9-10-19-4/h5-8,11,14H,9-10H2,1-4H3,(H,17,18)/t14-/m1/s1. The number of rotatable bonds is 7. The van der Waals surface area contributed by atoms with E-state index in [9.17, 15) is 9.90 Å². The zero-order valence-electron chi connectivity index (χ0n) is 12.1. The second-order valence-corrected chi connectivity index (χ2v) is 5.04. The number of hydrogen-bond acceptors (Lipinski definition) is 3. The number of likely N-dealkylation sites (N-methyl/N-ethyl adjacent to an activating group) is 1. The molecule has 1 aromatic carbocycles. The van der Waals surface area contributed by atoms with Gasteiger partial charge in [-0.25, -0.2) is 0 Å². The van der Waals surface area contributed by atoms with Crippen LogP contribution in [0.4, 0.5) is 0 Å². The molecule has 0 spiro atoms. The van der Waals surface area contributed by atoms with Crippen molar-refractivity contribution in [3.05, 3.63) is 35.4 Å². The van der Waals surface area contributed by atoms with E-state index in [0.29, 0.717) is 19.1 Å². The maximum atomic E-state index is 11.4. The molecule has 0 amide bonds. The average molecular weight is 265 g/mol. The Bertz CT molecular complexity index is 400. The van der Waals surface area contributed by atoms with Crippen molar-refractivity contribution in [2.75, 3.05) is 27.3 Å². The quantitative estimate of drug-likeness (QED) is 0.823. The fourth-order valence-corrected chi connectivity index (χ4v) is 2.01. The Kier molecular flexibility index (Phi) is 5.99. The topological polar surface area (TPSA) is 49.8 Å². The van der Waals surface area contributed by atoms with Crippen molar-refractivity contribution >= 4 is 5.97 Å². The van der Waals surface area contributed by atoms with Crippen LogP contribution in [0.5, 0.6) is 0 Å². The highest BCUT2D eigenvalue weighted by atomic mass is 16.5. The average Bonchev–Trinajstić information content (AvgIpc) is 2.36. The summed E-state index contributed by atoms with van der Waals surface area (Å²) in [5, 5.41) is 9.39. The molecular formula is C15H23NO3. The monoisotopic (exact) mass is 265 g/mol. The van der Waals surface area contributed by atoms with Crippen LogP contribution >= 0.6 is 0 Å². The fourth-order valence-electron chi connectivity index (χ4n) is 2.01. The second-order valence-electron chi connectivity index (χ2n) is 5.04. The van der Waals surface area contributed by atoms with Crippen LogP contribution in [-0.2, 0) is 9.53 Å². The Balaban J connectivity index is 2.89. The summed E-state index contributed by atoms with van der Waals surface area (Å²) in [6, 6.07) is 7.17. The van der Waals surface area contributed by atoms with Crippen molar-refractivity contribution in [2.45, 2.75) is 25.8 Å². The van der Waals surface area contributed by atoms with Gasteiger partial charge in [0.25, 0.3) is 0 Å². The van der Waals surface area contributed by atoms with E-state index in [2.05, 4.69) is 13.8 Å². The lowest BCUT2D eigenvalue weighted by atomic mass is 9.98. The third kappa shape index (κ3) is 4.33. The van der Waals surface area contributed by atoms with Crippen LogP contribution in [0.2, 0.25) is 0 Å². The molecule has 0 aromatic heterocycles. The molecule has 0 unspecified atom stereocenters. The molecule has 1 aromatic rings. The zero-order chi connectivity index (χ0) is 14.4. The molecule has 1 N–H and O–H groups in total. The molecule has 0 saturated heterocycles. The maximum absolute atomic E-state index is 11.4. The predicted octanol–water partition coefficient (Wildman–Crippen LogP) is 2.51. The minimum absolute atomic E-state index is 0.448. The molecule has 0 heterocycles. The Labute approximate surface area is 115 Å². The van der Waals surface area contributed by atoms with Gasteiger partial charge >= 0.3 is 5.97 Å². The van der Waals surface area contributed by atoms with Crippen molar-refractivity contribution in [3.63, 3.8) is 0 Å². The number of carboxylic acid groups (broad SMARTS) is 1. The number of nitrogens with zero attached hydrogens (tertiary/aromatic N) is 1. The molecule has 0 fully saturated rings. The summed E-state index contributed by atoms with van der Waals surface area (Å²) in [4.78, 5) is 13.2. The van der Waals surface area contributed by atoms with Gasteiger partial charge < -0.3 is 9.84 Å². The molecule has 19 heavy (non-hydrogen) atoms. The number of ether oxygens (including phenoxy) is 1. The van der Waals surface area contributed by atoms with Crippen LogP contribution in [0.15, 0.2) is 24.3 Å². The van der Waals surface area contributed by atoms with E-state index in [1.165, 1.54) is 5.56 Å². The highest BCUT2D eigenvalue weighted by Gasteiger charge is 2.24. The fraction of sp³-hybridized carbons (Fsp3) is 0.533. The normalized spacial score (nSPS) is 12.9. The molecule has 1 atom stereocenters. The zero-order valence-corrected chi connectivity index (χ0v) is 12.1. The SMILES string of the molecule is COCCN(C)[C@@H](C(=O)O)c1ccc(C(C)C)cc1. The van der Waals surface area contributed by atoms with Crippen molar-refractivity contribution in [1.82, 2.24) is 4.90 Å². The van der Waals surface area contributed by atoms with Gasteiger partial charge in [-0.2, -0.15) is 0 Å². The third-order valence-corrected chi connectivity index (χ3v) is 3.24. The smallest absolute Gasteiger partial charge is 0.325 e. The molecular weight excluding hydrogens is 242 g/mol. The summed E-state index contributed by atoms with van der Waals surface area (Å²) < 4.78 is 4.99. The number of methoxy groups -OCH3 is 1. The molecule has 4 nitrogen and oxygen atoms in total. The largest absolute Gasteiger partial charge is 0.480 e. The van der Waals surface area contributed by atoms with Gasteiger partial charge in [-0.3, -0.25) is 9.69 Å². The minimum Gasteiger partial charge on any atom is -0.480 e. The van der Waals surface area contributed by atoms with Crippen LogP contribution in [0, 0.1) is 0 Å². The van der Waals surface area contributed by atoms with E-state index in [0.717, 1.165) is 5.56 Å². The first kappa shape index (κ1) is 15.7.